The van der Waals surface area contributed by atoms with Crippen molar-refractivity contribution >= 4 is 23.8 Å². The molecule has 7 heteroatoms. The largest absolute Gasteiger partial charge is 0.481 e. The van der Waals surface area contributed by atoms with Crippen molar-refractivity contribution < 1.29 is 19.8 Å². The van der Waals surface area contributed by atoms with E-state index in [0.29, 0.717) is 12.3 Å². The second kappa shape index (κ2) is 7.59. The summed E-state index contributed by atoms with van der Waals surface area (Å²) in [4.78, 5) is 26.6. The van der Waals surface area contributed by atoms with Gasteiger partial charge in [-0.05, 0) is 13.8 Å². The Hall–Kier alpha value is -0.950. The molecule has 0 radical (unpaired) electrons. The molecule has 1 unspecified atom stereocenters. The van der Waals surface area contributed by atoms with Crippen LogP contribution in [0.1, 0.15) is 20.3 Å². The van der Waals surface area contributed by atoms with E-state index in [2.05, 4.69) is 0 Å². The number of carboxylic acid groups (broad SMARTS) is 1. The lowest BCUT2D eigenvalue weighted by Gasteiger charge is -2.39. The third kappa shape index (κ3) is 4.58. The SMILES string of the molecule is CC(C)N(CCO)C(=O)N1CCSCC1CC(=O)O. The number of hydrogen-bond donors (Lipinski definition) is 2. The van der Waals surface area contributed by atoms with Crippen LogP contribution < -0.4 is 0 Å². The molecule has 2 N–H and O–H groups in total. The van der Waals surface area contributed by atoms with Crippen LogP contribution in [0.15, 0.2) is 0 Å². The molecule has 0 saturated carbocycles. The zero-order chi connectivity index (χ0) is 14.4. The first-order chi connectivity index (χ1) is 8.97. The Balaban J connectivity index is 2.77. The standard InChI is InChI=1S/C12H22N2O4S/c1-9(2)13(3-5-15)12(18)14-4-6-19-8-10(14)7-11(16)17/h9-10,15H,3-8H2,1-2H3,(H,16,17). The maximum atomic E-state index is 12.5. The molecule has 0 aromatic carbocycles. The van der Waals surface area contributed by atoms with Gasteiger partial charge in [-0.3, -0.25) is 4.79 Å². The van der Waals surface area contributed by atoms with Crippen LogP contribution >= 0.6 is 11.8 Å². The van der Waals surface area contributed by atoms with Crippen molar-refractivity contribution in [3.05, 3.63) is 0 Å². The molecule has 0 aliphatic carbocycles. The van der Waals surface area contributed by atoms with Gasteiger partial charge >= 0.3 is 12.0 Å². The van der Waals surface area contributed by atoms with E-state index < -0.39 is 5.97 Å². The molecule has 1 rings (SSSR count). The van der Waals surface area contributed by atoms with Gasteiger partial charge in [0.15, 0.2) is 0 Å². The van der Waals surface area contributed by atoms with Crippen molar-refractivity contribution in [2.24, 2.45) is 0 Å². The predicted octanol–water partition coefficient (Wildman–Crippen LogP) is 0.701. The third-order valence-electron chi connectivity index (χ3n) is 3.09. The van der Waals surface area contributed by atoms with Crippen LogP contribution in [-0.2, 0) is 4.79 Å². The predicted molar refractivity (Wildman–Crippen MR) is 74.4 cm³/mol. The van der Waals surface area contributed by atoms with Crippen molar-refractivity contribution in [3.8, 4) is 0 Å². The molecule has 0 spiro atoms. The highest BCUT2D eigenvalue weighted by Crippen LogP contribution is 2.21. The summed E-state index contributed by atoms with van der Waals surface area (Å²) in [6.45, 7) is 4.53. The van der Waals surface area contributed by atoms with Crippen molar-refractivity contribution in [1.29, 1.82) is 0 Å². The van der Waals surface area contributed by atoms with Gasteiger partial charge in [0.25, 0.3) is 0 Å². The topological polar surface area (TPSA) is 81.1 Å². The molecule has 19 heavy (non-hydrogen) atoms. The van der Waals surface area contributed by atoms with Crippen LogP contribution in [-0.4, -0.2) is 75.3 Å². The quantitative estimate of drug-likeness (QED) is 0.779. The summed E-state index contributed by atoms with van der Waals surface area (Å²) in [5.74, 6) is 0.597. The lowest BCUT2D eigenvalue weighted by Crippen LogP contribution is -2.54. The Kier molecular flexibility index (Phi) is 6.44. The molecule has 1 heterocycles. The second-order valence-corrected chi connectivity index (χ2v) is 5.96. The van der Waals surface area contributed by atoms with E-state index in [4.69, 9.17) is 10.2 Å². The fourth-order valence-corrected chi connectivity index (χ4v) is 3.19. The van der Waals surface area contributed by atoms with Gasteiger partial charge in [0.05, 0.1) is 19.1 Å². The average molecular weight is 290 g/mol. The molecule has 0 aromatic heterocycles. The molecule has 2 amide bonds. The van der Waals surface area contributed by atoms with Gasteiger partial charge in [0, 0.05) is 30.6 Å². The Bertz CT molecular complexity index is 325. The minimum Gasteiger partial charge on any atom is -0.481 e. The van der Waals surface area contributed by atoms with Gasteiger partial charge in [-0.1, -0.05) is 0 Å². The second-order valence-electron chi connectivity index (χ2n) is 4.81. The van der Waals surface area contributed by atoms with Crippen molar-refractivity contribution in [1.82, 2.24) is 9.80 Å². The van der Waals surface area contributed by atoms with E-state index >= 15 is 0 Å². The zero-order valence-corrected chi connectivity index (χ0v) is 12.2. The smallest absolute Gasteiger partial charge is 0.320 e. The van der Waals surface area contributed by atoms with Gasteiger partial charge in [-0.25, -0.2) is 4.79 Å². The average Bonchev–Trinajstić information content (AvgIpc) is 2.34. The molecule has 6 nitrogen and oxygen atoms in total. The number of nitrogens with zero attached hydrogens (tertiary/aromatic N) is 2. The maximum absolute atomic E-state index is 12.5. The monoisotopic (exact) mass is 290 g/mol. The summed E-state index contributed by atoms with van der Waals surface area (Å²) in [5.41, 5.74) is 0. The summed E-state index contributed by atoms with van der Waals surface area (Å²) in [6.07, 6.45) is -0.0240. The minimum absolute atomic E-state index is 0.0142. The molecule has 1 aliphatic heterocycles. The van der Waals surface area contributed by atoms with Crippen LogP contribution in [0.25, 0.3) is 0 Å². The number of carboxylic acids is 1. The third-order valence-corrected chi connectivity index (χ3v) is 4.19. The van der Waals surface area contributed by atoms with Gasteiger partial charge < -0.3 is 20.0 Å². The molecule has 0 bridgehead atoms. The van der Waals surface area contributed by atoms with Gasteiger partial charge in [-0.2, -0.15) is 11.8 Å². The van der Waals surface area contributed by atoms with Crippen molar-refractivity contribution in [3.63, 3.8) is 0 Å². The Morgan fingerprint density at radius 3 is 2.68 bits per heavy atom. The zero-order valence-electron chi connectivity index (χ0n) is 11.4. The van der Waals surface area contributed by atoms with E-state index in [9.17, 15) is 9.59 Å². The van der Waals surface area contributed by atoms with E-state index in [1.165, 1.54) is 0 Å². The normalized spacial score (nSPS) is 19.6. The summed E-state index contributed by atoms with van der Waals surface area (Å²) in [5, 5.41) is 17.9. The van der Waals surface area contributed by atoms with Crippen LogP contribution in [0.2, 0.25) is 0 Å². The lowest BCUT2D eigenvalue weighted by atomic mass is 10.2. The number of aliphatic hydroxyl groups is 1. The highest BCUT2D eigenvalue weighted by molar-refractivity contribution is 7.99. The van der Waals surface area contributed by atoms with Gasteiger partial charge in [0.1, 0.15) is 0 Å². The summed E-state index contributed by atoms with van der Waals surface area (Å²) >= 11 is 1.67. The Labute approximate surface area is 117 Å². The highest BCUT2D eigenvalue weighted by Gasteiger charge is 2.32. The summed E-state index contributed by atoms with van der Waals surface area (Å²) in [7, 11) is 0. The van der Waals surface area contributed by atoms with Gasteiger partial charge in [-0.15, -0.1) is 0 Å². The first-order valence-electron chi connectivity index (χ1n) is 6.45. The van der Waals surface area contributed by atoms with Crippen LogP contribution in [0.3, 0.4) is 0 Å². The summed E-state index contributed by atoms with van der Waals surface area (Å²) < 4.78 is 0. The maximum Gasteiger partial charge on any atom is 0.320 e. The Morgan fingerprint density at radius 2 is 2.16 bits per heavy atom. The molecule has 1 saturated heterocycles. The summed E-state index contributed by atoms with van der Waals surface area (Å²) in [6, 6.07) is -0.445. The fourth-order valence-electron chi connectivity index (χ4n) is 2.12. The molecule has 0 aromatic rings. The van der Waals surface area contributed by atoms with Crippen LogP contribution in [0.4, 0.5) is 4.79 Å². The minimum atomic E-state index is -0.886. The van der Waals surface area contributed by atoms with Crippen LogP contribution in [0.5, 0.6) is 0 Å². The van der Waals surface area contributed by atoms with E-state index in [1.54, 1.807) is 21.6 Å². The number of aliphatic hydroxyl groups excluding tert-OH is 1. The fraction of sp³-hybridized carbons (Fsp3) is 0.833. The number of carbonyl (C=O) groups is 2. The number of hydrogen-bond acceptors (Lipinski definition) is 4. The number of thioether (sulfide) groups is 1. The molecular weight excluding hydrogens is 268 g/mol. The lowest BCUT2D eigenvalue weighted by molar-refractivity contribution is -0.138. The molecule has 1 aliphatic rings. The van der Waals surface area contributed by atoms with Gasteiger partial charge in [0.2, 0.25) is 0 Å². The Morgan fingerprint density at radius 1 is 1.47 bits per heavy atom. The van der Waals surface area contributed by atoms with E-state index in [-0.39, 0.29) is 37.7 Å². The molecule has 1 atom stereocenters. The van der Waals surface area contributed by atoms with Crippen molar-refractivity contribution in [2.75, 3.05) is 31.2 Å². The molecular formula is C12H22N2O4S. The van der Waals surface area contributed by atoms with Crippen molar-refractivity contribution in [2.45, 2.75) is 32.4 Å². The van der Waals surface area contributed by atoms with E-state index in [0.717, 1.165) is 5.75 Å². The van der Waals surface area contributed by atoms with E-state index in [1.807, 2.05) is 13.8 Å². The van der Waals surface area contributed by atoms with Crippen LogP contribution in [0, 0.1) is 0 Å². The first kappa shape index (κ1) is 16.1. The number of aliphatic carboxylic acids is 1. The number of urea groups is 1. The first-order valence-corrected chi connectivity index (χ1v) is 7.60. The molecule has 1 fully saturated rings. The number of rotatable bonds is 5. The highest BCUT2D eigenvalue weighted by atomic mass is 32.2. The number of carbonyl (C=O) groups excluding carboxylic acids is 1. The molecule has 110 valence electrons. The number of amides is 2.